The van der Waals surface area contributed by atoms with Gasteiger partial charge in [-0.3, -0.25) is 0 Å². The molecule has 0 aromatic heterocycles. The van der Waals surface area contributed by atoms with Gasteiger partial charge in [-0.25, -0.2) is 4.39 Å². The number of benzene rings is 2. The second-order valence-electron chi connectivity index (χ2n) is 6.25. The van der Waals surface area contributed by atoms with E-state index in [2.05, 4.69) is 28.2 Å². The first-order chi connectivity index (χ1) is 13.0. The normalized spacial score (nSPS) is 10.9. The van der Waals surface area contributed by atoms with Gasteiger partial charge in [0.2, 0.25) is 0 Å². The van der Waals surface area contributed by atoms with Crippen molar-refractivity contribution in [3.05, 3.63) is 56.8 Å². The number of nitrogens with one attached hydrogen (secondary N) is 1. The number of unbranched alkanes of at least 4 members (excludes halogenated alkanes) is 2. The summed E-state index contributed by atoms with van der Waals surface area (Å²) < 4.78 is 25.7. The lowest BCUT2D eigenvalue weighted by Crippen LogP contribution is -2.15. The van der Waals surface area contributed by atoms with Crippen LogP contribution in [0, 0.1) is 5.82 Å². The van der Waals surface area contributed by atoms with Crippen molar-refractivity contribution < 1.29 is 13.9 Å². The van der Waals surface area contributed by atoms with Crippen LogP contribution in [-0.2, 0) is 13.2 Å². The highest BCUT2D eigenvalue weighted by atomic mass is 79.9. The van der Waals surface area contributed by atoms with E-state index in [1.165, 1.54) is 31.4 Å². The quantitative estimate of drug-likeness (QED) is 0.390. The highest BCUT2D eigenvalue weighted by Gasteiger charge is 2.13. The predicted octanol–water partition coefficient (Wildman–Crippen LogP) is 6.50. The smallest absolute Gasteiger partial charge is 0.175 e. The lowest BCUT2D eigenvalue weighted by atomic mass is 10.2. The third-order valence-electron chi connectivity index (χ3n) is 4.04. The average Bonchev–Trinajstić information content (AvgIpc) is 2.62. The summed E-state index contributed by atoms with van der Waals surface area (Å²) in [7, 11) is 0. The van der Waals surface area contributed by atoms with Crippen LogP contribution >= 0.6 is 27.5 Å². The van der Waals surface area contributed by atoms with E-state index in [0.717, 1.165) is 23.1 Å². The van der Waals surface area contributed by atoms with Crippen molar-refractivity contribution in [3.8, 4) is 11.5 Å². The molecule has 0 atom stereocenters. The molecule has 148 valence electrons. The summed E-state index contributed by atoms with van der Waals surface area (Å²) >= 11 is 9.66. The topological polar surface area (TPSA) is 30.5 Å². The van der Waals surface area contributed by atoms with E-state index in [1.807, 2.05) is 19.1 Å². The van der Waals surface area contributed by atoms with E-state index in [0.29, 0.717) is 28.7 Å². The largest absolute Gasteiger partial charge is 0.490 e. The first-order valence-electron chi connectivity index (χ1n) is 9.27. The molecule has 0 aliphatic rings. The molecule has 27 heavy (non-hydrogen) atoms. The van der Waals surface area contributed by atoms with Crippen LogP contribution in [0.2, 0.25) is 5.02 Å². The average molecular weight is 459 g/mol. The molecule has 0 saturated carbocycles. The Hall–Kier alpha value is -1.30. The Morgan fingerprint density at radius 2 is 1.93 bits per heavy atom. The van der Waals surface area contributed by atoms with E-state index < -0.39 is 0 Å². The predicted molar refractivity (Wildman–Crippen MR) is 112 cm³/mol. The number of rotatable bonds is 11. The Morgan fingerprint density at radius 3 is 2.63 bits per heavy atom. The van der Waals surface area contributed by atoms with Crippen molar-refractivity contribution in [2.75, 3.05) is 13.2 Å². The summed E-state index contributed by atoms with van der Waals surface area (Å²) in [5.74, 6) is 0.929. The highest BCUT2D eigenvalue weighted by Crippen LogP contribution is 2.38. The minimum absolute atomic E-state index is 0.229. The van der Waals surface area contributed by atoms with Gasteiger partial charge >= 0.3 is 0 Å². The summed E-state index contributed by atoms with van der Waals surface area (Å²) in [6, 6.07) is 8.29. The van der Waals surface area contributed by atoms with Gasteiger partial charge in [-0.15, -0.1) is 0 Å². The lowest BCUT2D eigenvalue weighted by molar-refractivity contribution is 0.267. The van der Waals surface area contributed by atoms with Gasteiger partial charge in [0.1, 0.15) is 12.4 Å². The molecule has 0 fully saturated rings. The Kier molecular flexibility index (Phi) is 9.39. The zero-order valence-corrected chi connectivity index (χ0v) is 18.1. The minimum atomic E-state index is -0.365. The third-order valence-corrected chi connectivity index (χ3v) is 4.98. The molecule has 6 heteroatoms. The van der Waals surface area contributed by atoms with Gasteiger partial charge in [-0.2, -0.15) is 0 Å². The van der Waals surface area contributed by atoms with E-state index in [1.54, 1.807) is 6.07 Å². The molecule has 2 aromatic rings. The van der Waals surface area contributed by atoms with Crippen LogP contribution < -0.4 is 14.8 Å². The molecule has 0 amide bonds. The van der Waals surface area contributed by atoms with Gasteiger partial charge in [0.05, 0.1) is 16.1 Å². The number of halogens is 3. The van der Waals surface area contributed by atoms with Crippen LogP contribution in [0.3, 0.4) is 0 Å². The van der Waals surface area contributed by atoms with E-state index in [-0.39, 0.29) is 12.4 Å². The van der Waals surface area contributed by atoms with Crippen molar-refractivity contribution in [2.24, 2.45) is 0 Å². The summed E-state index contributed by atoms with van der Waals surface area (Å²) in [4.78, 5) is 0. The molecule has 0 unspecified atom stereocenters. The van der Waals surface area contributed by atoms with Crippen molar-refractivity contribution in [3.63, 3.8) is 0 Å². The van der Waals surface area contributed by atoms with E-state index in [4.69, 9.17) is 21.1 Å². The highest BCUT2D eigenvalue weighted by molar-refractivity contribution is 9.10. The molecule has 0 heterocycles. The van der Waals surface area contributed by atoms with Crippen molar-refractivity contribution >= 4 is 27.5 Å². The van der Waals surface area contributed by atoms with Crippen molar-refractivity contribution in [1.29, 1.82) is 0 Å². The van der Waals surface area contributed by atoms with Crippen LogP contribution in [0.1, 0.15) is 44.2 Å². The molecule has 0 saturated heterocycles. The minimum Gasteiger partial charge on any atom is -0.490 e. The first kappa shape index (κ1) is 22.0. The van der Waals surface area contributed by atoms with E-state index >= 15 is 0 Å². The fraction of sp³-hybridized carbons (Fsp3) is 0.429. The summed E-state index contributed by atoms with van der Waals surface area (Å²) in [6.07, 6.45) is 3.63. The second-order valence-corrected chi connectivity index (χ2v) is 7.51. The van der Waals surface area contributed by atoms with Gasteiger partial charge < -0.3 is 14.8 Å². The fourth-order valence-corrected chi connectivity index (χ4v) is 3.47. The monoisotopic (exact) mass is 457 g/mol. The number of ether oxygens (including phenoxy) is 2. The number of hydrogen-bond acceptors (Lipinski definition) is 3. The van der Waals surface area contributed by atoms with Gasteiger partial charge in [0.25, 0.3) is 0 Å². The summed E-state index contributed by atoms with van der Waals surface area (Å²) in [5.41, 5.74) is 1.84. The van der Waals surface area contributed by atoms with Crippen molar-refractivity contribution in [2.45, 2.75) is 46.3 Å². The van der Waals surface area contributed by atoms with E-state index in [9.17, 15) is 4.39 Å². The van der Waals surface area contributed by atoms with Crippen LogP contribution in [0.5, 0.6) is 11.5 Å². The zero-order valence-electron chi connectivity index (χ0n) is 15.8. The van der Waals surface area contributed by atoms with Crippen molar-refractivity contribution in [1.82, 2.24) is 5.32 Å². The fourth-order valence-electron chi connectivity index (χ4n) is 2.65. The molecule has 3 nitrogen and oxygen atoms in total. The second kappa shape index (κ2) is 11.5. The van der Waals surface area contributed by atoms with Crippen LogP contribution in [-0.4, -0.2) is 13.2 Å². The SMILES string of the molecule is CCCCCNCc1cc(Br)c(OCc2ccc(F)cc2Cl)c(OCC)c1. The summed E-state index contributed by atoms with van der Waals surface area (Å²) in [5, 5.41) is 3.80. The molecule has 1 N–H and O–H groups in total. The molecular formula is C21H26BrClFNO2. The first-order valence-corrected chi connectivity index (χ1v) is 10.4. The maximum atomic E-state index is 13.2. The Bertz CT molecular complexity index is 742. The third kappa shape index (κ3) is 6.98. The maximum Gasteiger partial charge on any atom is 0.175 e. The Labute approximate surface area is 174 Å². The van der Waals surface area contributed by atoms with Crippen LogP contribution in [0.25, 0.3) is 0 Å². The maximum absolute atomic E-state index is 13.2. The molecule has 0 spiro atoms. The van der Waals surface area contributed by atoms with Gasteiger partial charge in [-0.05, 0) is 65.6 Å². The molecular weight excluding hydrogens is 433 g/mol. The summed E-state index contributed by atoms with van der Waals surface area (Å²) in [6.45, 7) is 6.66. The standard InChI is InChI=1S/C21H26BrClFNO2/c1-3-5-6-9-25-13-15-10-18(22)21(20(11-15)26-4-2)27-14-16-7-8-17(24)12-19(16)23/h7-8,10-12,25H,3-6,9,13-14H2,1-2H3. The molecule has 0 aliphatic heterocycles. The Morgan fingerprint density at radius 1 is 1.11 bits per heavy atom. The van der Waals surface area contributed by atoms with Gasteiger partial charge in [0.15, 0.2) is 11.5 Å². The van der Waals surface area contributed by atoms with Gasteiger partial charge in [-0.1, -0.05) is 37.4 Å². The van der Waals surface area contributed by atoms with Crippen LogP contribution in [0.4, 0.5) is 4.39 Å². The van der Waals surface area contributed by atoms with Crippen LogP contribution in [0.15, 0.2) is 34.8 Å². The number of hydrogen-bond donors (Lipinski definition) is 1. The molecule has 0 radical (unpaired) electrons. The zero-order chi connectivity index (χ0) is 19.6. The Balaban J connectivity index is 2.08. The molecule has 2 rings (SSSR count). The molecule has 0 aliphatic carbocycles. The van der Waals surface area contributed by atoms with Gasteiger partial charge in [0, 0.05) is 12.1 Å². The molecule has 0 bridgehead atoms. The molecule has 2 aromatic carbocycles. The lowest BCUT2D eigenvalue weighted by Gasteiger charge is -2.16.